The minimum Gasteiger partial charge on any atom is -0.463 e. The molecule has 0 saturated heterocycles. The Kier molecular flexibility index (Phi) is 8.13. The number of nitrogens with zero attached hydrogens (tertiary/aromatic N) is 3. The highest BCUT2D eigenvalue weighted by Gasteiger charge is 2.65. The summed E-state index contributed by atoms with van der Waals surface area (Å²) in [5.74, 6) is 1.93. The van der Waals surface area contributed by atoms with E-state index in [9.17, 15) is 15.4 Å². The lowest BCUT2D eigenvalue weighted by Gasteiger charge is -2.64. The van der Waals surface area contributed by atoms with Crippen LogP contribution in [0.1, 0.15) is 124 Å². The zero-order valence-corrected chi connectivity index (χ0v) is 22.7. The molecule has 6 heteroatoms. The first-order valence-corrected chi connectivity index (χ1v) is 14.6. The third kappa shape index (κ3) is 4.99. The molecule has 0 bridgehead atoms. The summed E-state index contributed by atoms with van der Waals surface area (Å²) in [4.78, 5) is 14.8. The molecule has 6 nitrogen and oxygen atoms in total. The molecule has 4 saturated carbocycles. The molecule has 0 aromatic carbocycles. The number of unbranched alkanes of at least 4 members (excludes halogenated alkanes) is 5. The largest absolute Gasteiger partial charge is 0.463 e. The molecule has 198 valence electrons. The molecule has 0 heterocycles. The molecule has 0 amide bonds. The summed E-state index contributed by atoms with van der Waals surface area (Å²) in [6.07, 6.45) is 17.3. The Labute approximate surface area is 212 Å². The van der Waals surface area contributed by atoms with Crippen LogP contribution in [0.2, 0.25) is 0 Å². The van der Waals surface area contributed by atoms with Gasteiger partial charge >= 0.3 is 5.97 Å². The summed E-state index contributed by atoms with van der Waals surface area (Å²) in [7, 11) is 0. The molecule has 0 radical (unpaired) electrons. The summed E-state index contributed by atoms with van der Waals surface area (Å²) in [6.45, 7) is 8.61. The number of esters is 1. The average Bonchev–Trinajstić information content (AvgIpc) is 3.13. The monoisotopic (exact) mass is 487 g/mol. The smallest absolute Gasteiger partial charge is 0.302 e. The summed E-state index contributed by atoms with van der Waals surface area (Å²) in [6, 6.07) is 0. The zero-order chi connectivity index (χ0) is 25.3. The van der Waals surface area contributed by atoms with E-state index in [4.69, 9.17) is 4.74 Å². The van der Waals surface area contributed by atoms with Crippen molar-refractivity contribution in [1.82, 2.24) is 0 Å². The van der Waals surface area contributed by atoms with Gasteiger partial charge in [-0.3, -0.25) is 4.79 Å². The van der Waals surface area contributed by atoms with Crippen LogP contribution >= 0.6 is 0 Å². The lowest BCUT2D eigenvalue weighted by atomic mass is 9.43. The maximum absolute atomic E-state index is 11.9. The fraction of sp³-hybridized carbons (Fsp3) is 0.966. The first kappa shape index (κ1) is 26.8. The Bertz CT molecular complexity index is 813. The fourth-order valence-electron chi connectivity index (χ4n) is 9.62. The second-order valence-corrected chi connectivity index (χ2v) is 13.1. The molecule has 0 spiro atoms. The third-order valence-corrected chi connectivity index (χ3v) is 11.3. The molecule has 4 rings (SSSR count). The van der Waals surface area contributed by atoms with Gasteiger partial charge in [0, 0.05) is 17.8 Å². The van der Waals surface area contributed by atoms with Crippen molar-refractivity contribution in [3.8, 4) is 0 Å². The van der Waals surface area contributed by atoms with E-state index < -0.39 is 5.72 Å². The fourth-order valence-corrected chi connectivity index (χ4v) is 9.62. The van der Waals surface area contributed by atoms with Crippen LogP contribution in [0.4, 0.5) is 0 Å². The topological polar surface area (TPSA) is 95.3 Å². The van der Waals surface area contributed by atoms with Gasteiger partial charge in [0.05, 0.1) is 0 Å². The Morgan fingerprint density at radius 2 is 1.71 bits per heavy atom. The van der Waals surface area contributed by atoms with Crippen molar-refractivity contribution in [1.29, 1.82) is 0 Å². The van der Waals surface area contributed by atoms with Crippen LogP contribution in [0.25, 0.3) is 10.4 Å². The van der Waals surface area contributed by atoms with Gasteiger partial charge in [0.15, 0.2) is 0 Å². The molecule has 4 fully saturated rings. The SMILES string of the molecule is CCCCCCCC[C@H]1CC[C@H]2[C@@H]3C[C@@](O)(N=[N+]=[N-])[C@H]4C[C@@H](OC(C)=O)CC[C@]4(C)[C@H]3CC[C@]12C. The summed E-state index contributed by atoms with van der Waals surface area (Å²) in [5.41, 5.74) is 8.31. The Morgan fingerprint density at radius 1 is 1.03 bits per heavy atom. The van der Waals surface area contributed by atoms with Crippen molar-refractivity contribution < 1.29 is 14.6 Å². The standard InChI is InChI=1S/C29H49N3O3/c1-5-6-7-8-9-10-11-21-12-13-24-23-19-29(34,31-32-30)26-18-22(35-20(2)33)14-16-28(26,4)25(23)15-17-27(21,24)3/h21-26,34H,5-19H2,1-4H3/t21-,22-,23-,24-,25-,26-,27+,28+,29-/m0/s1. The van der Waals surface area contributed by atoms with Gasteiger partial charge in [-0.2, -0.15) is 0 Å². The second kappa shape index (κ2) is 10.6. The molecule has 0 aliphatic heterocycles. The van der Waals surface area contributed by atoms with E-state index in [2.05, 4.69) is 30.8 Å². The van der Waals surface area contributed by atoms with Crippen molar-refractivity contribution in [2.75, 3.05) is 0 Å². The molecule has 0 unspecified atom stereocenters. The first-order chi connectivity index (χ1) is 16.7. The maximum Gasteiger partial charge on any atom is 0.302 e. The highest BCUT2D eigenvalue weighted by Crippen LogP contribution is 2.69. The van der Waals surface area contributed by atoms with Crippen LogP contribution in [0, 0.1) is 40.4 Å². The molecule has 4 aliphatic rings. The maximum atomic E-state index is 11.9. The number of aliphatic hydroxyl groups is 1. The minimum absolute atomic E-state index is 0.0821. The van der Waals surface area contributed by atoms with E-state index in [1.165, 1.54) is 77.6 Å². The number of carbonyl (C=O) groups excluding carboxylic acids is 1. The van der Waals surface area contributed by atoms with Crippen LogP contribution in [0.3, 0.4) is 0 Å². The number of carbonyl (C=O) groups is 1. The van der Waals surface area contributed by atoms with Gasteiger partial charge < -0.3 is 9.84 Å². The van der Waals surface area contributed by atoms with E-state index in [1.807, 2.05) is 0 Å². The minimum atomic E-state index is -1.39. The quantitative estimate of drug-likeness (QED) is 0.117. The van der Waals surface area contributed by atoms with Gasteiger partial charge in [0.25, 0.3) is 0 Å². The van der Waals surface area contributed by atoms with Crippen molar-refractivity contribution in [2.45, 2.75) is 136 Å². The number of ether oxygens (including phenoxy) is 1. The van der Waals surface area contributed by atoms with E-state index in [0.717, 1.165) is 18.8 Å². The zero-order valence-electron chi connectivity index (χ0n) is 22.7. The molecule has 1 N–H and O–H groups in total. The first-order valence-electron chi connectivity index (χ1n) is 14.6. The molecule has 4 aliphatic carbocycles. The van der Waals surface area contributed by atoms with E-state index in [0.29, 0.717) is 36.0 Å². The van der Waals surface area contributed by atoms with Crippen LogP contribution < -0.4 is 0 Å². The summed E-state index contributed by atoms with van der Waals surface area (Å²) >= 11 is 0. The van der Waals surface area contributed by atoms with Gasteiger partial charge in [0.2, 0.25) is 0 Å². The number of azide groups is 1. The second-order valence-electron chi connectivity index (χ2n) is 13.1. The van der Waals surface area contributed by atoms with Crippen molar-refractivity contribution in [3.05, 3.63) is 10.4 Å². The third-order valence-electron chi connectivity index (χ3n) is 11.3. The van der Waals surface area contributed by atoms with Gasteiger partial charge in [-0.15, -0.1) is 0 Å². The van der Waals surface area contributed by atoms with Gasteiger partial charge in [0.1, 0.15) is 11.8 Å². The molecule has 35 heavy (non-hydrogen) atoms. The van der Waals surface area contributed by atoms with Crippen LogP contribution in [0.15, 0.2) is 5.11 Å². The number of fused-ring (bicyclic) bond motifs is 5. The van der Waals surface area contributed by atoms with Crippen molar-refractivity contribution in [3.63, 3.8) is 0 Å². The van der Waals surface area contributed by atoms with Crippen molar-refractivity contribution in [2.24, 2.45) is 45.5 Å². The molecular formula is C29H49N3O3. The van der Waals surface area contributed by atoms with Crippen LogP contribution in [-0.4, -0.2) is 22.9 Å². The molecule has 0 aromatic heterocycles. The highest BCUT2D eigenvalue weighted by molar-refractivity contribution is 5.66. The molecular weight excluding hydrogens is 438 g/mol. The Balaban J connectivity index is 1.51. The average molecular weight is 488 g/mol. The Morgan fingerprint density at radius 3 is 2.43 bits per heavy atom. The highest BCUT2D eigenvalue weighted by atomic mass is 16.5. The van der Waals surface area contributed by atoms with E-state index in [1.54, 1.807) is 0 Å². The predicted octanol–water partition coefficient (Wildman–Crippen LogP) is 7.94. The van der Waals surface area contributed by atoms with Crippen LogP contribution in [0.5, 0.6) is 0 Å². The van der Waals surface area contributed by atoms with E-state index in [-0.39, 0.29) is 23.4 Å². The van der Waals surface area contributed by atoms with Gasteiger partial charge in [-0.1, -0.05) is 64.4 Å². The van der Waals surface area contributed by atoms with Gasteiger partial charge in [-0.25, -0.2) is 0 Å². The summed E-state index contributed by atoms with van der Waals surface area (Å²) < 4.78 is 5.58. The lowest BCUT2D eigenvalue weighted by molar-refractivity contribution is -0.217. The lowest BCUT2D eigenvalue weighted by Crippen LogP contribution is -2.62. The normalized spacial score (nSPS) is 44.5. The molecule has 9 atom stereocenters. The van der Waals surface area contributed by atoms with E-state index >= 15 is 0 Å². The summed E-state index contributed by atoms with van der Waals surface area (Å²) in [5, 5.41) is 16.0. The number of rotatable bonds is 9. The number of hydrogen-bond donors (Lipinski definition) is 1. The molecule has 0 aromatic rings. The van der Waals surface area contributed by atoms with Crippen LogP contribution in [-0.2, 0) is 9.53 Å². The Hall–Kier alpha value is -1.26. The number of hydrogen-bond acceptors (Lipinski definition) is 4. The van der Waals surface area contributed by atoms with Crippen molar-refractivity contribution >= 4 is 5.97 Å². The predicted molar refractivity (Wildman–Crippen MR) is 138 cm³/mol. The van der Waals surface area contributed by atoms with Gasteiger partial charge in [-0.05, 0) is 97.8 Å².